The van der Waals surface area contributed by atoms with E-state index in [0.29, 0.717) is 18.1 Å². The number of hydrogen-bond acceptors (Lipinski definition) is 7. The highest BCUT2D eigenvalue weighted by molar-refractivity contribution is 7.99. The molecule has 184 valence electrons. The lowest BCUT2D eigenvalue weighted by Crippen LogP contribution is -2.32. The van der Waals surface area contributed by atoms with Crippen LogP contribution < -0.4 is 5.32 Å². The van der Waals surface area contributed by atoms with Gasteiger partial charge in [-0.2, -0.15) is 4.52 Å². The van der Waals surface area contributed by atoms with Crippen molar-refractivity contribution in [1.29, 1.82) is 0 Å². The van der Waals surface area contributed by atoms with Crippen molar-refractivity contribution in [2.24, 2.45) is 0 Å². The van der Waals surface area contributed by atoms with Gasteiger partial charge in [0, 0.05) is 31.5 Å². The van der Waals surface area contributed by atoms with Crippen molar-refractivity contribution >= 4 is 45.3 Å². The number of carbonyl (C=O) groups is 1. The summed E-state index contributed by atoms with van der Waals surface area (Å²) in [4.78, 5) is 26.8. The average Bonchev–Trinajstić information content (AvgIpc) is 3.63. The maximum atomic E-state index is 12.5. The highest BCUT2D eigenvalue weighted by Gasteiger charge is 2.18. The molecule has 1 N–H and O–H groups in total. The second-order valence-electron chi connectivity index (χ2n) is 8.95. The molecule has 4 heterocycles. The predicted octanol–water partition coefficient (Wildman–Crippen LogP) is 3.57. The number of carbonyl (C=O) groups excluding carboxylic acids is 1. The molecular formula is C26H27N7O2S. The van der Waals surface area contributed by atoms with Crippen LogP contribution in [0.15, 0.2) is 53.7 Å². The van der Waals surface area contributed by atoms with Crippen LogP contribution in [0.4, 0.5) is 0 Å². The molecule has 2 aromatic carbocycles. The van der Waals surface area contributed by atoms with E-state index in [9.17, 15) is 4.79 Å². The molecule has 9 nitrogen and oxygen atoms in total. The molecule has 10 heteroatoms. The van der Waals surface area contributed by atoms with E-state index in [2.05, 4.69) is 20.9 Å². The van der Waals surface area contributed by atoms with Gasteiger partial charge in [-0.1, -0.05) is 36.0 Å². The van der Waals surface area contributed by atoms with Crippen molar-refractivity contribution < 1.29 is 9.53 Å². The Morgan fingerprint density at radius 3 is 2.81 bits per heavy atom. The summed E-state index contributed by atoms with van der Waals surface area (Å²) in [6, 6.07) is 16.1. The zero-order valence-corrected chi connectivity index (χ0v) is 20.9. The van der Waals surface area contributed by atoms with Gasteiger partial charge in [-0.25, -0.2) is 15.0 Å². The molecule has 3 aromatic heterocycles. The molecule has 1 atom stereocenters. The van der Waals surface area contributed by atoms with Crippen molar-refractivity contribution in [2.75, 3.05) is 18.9 Å². The largest absolute Gasteiger partial charge is 0.376 e. The predicted molar refractivity (Wildman–Crippen MR) is 139 cm³/mol. The Bertz CT molecular complexity index is 1550. The van der Waals surface area contributed by atoms with E-state index in [1.54, 1.807) is 4.52 Å². The van der Waals surface area contributed by atoms with Crippen LogP contribution in [-0.4, -0.2) is 60.0 Å². The minimum Gasteiger partial charge on any atom is -0.376 e. The average molecular weight is 502 g/mol. The number of para-hydroxylation sites is 3. The maximum Gasteiger partial charge on any atom is 0.230 e. The maximum absolute atomic E-state index is 12.5. The van der Waals surface area contributed by atoms with Crippen LogP contribution in [0, 0.1) is 6.92 Å². The summed E-state index contributed by atoms with van der Waals surface area (Å²) < 4.78 is 9.57. The van der Waals surface area contributed by atoms with Gasteiger partial charge >= 0.3 is 0 Å². The highest BCUT2D eigenvalue weighted by atomic mass is 32.2. The first-order valence-electron chi connectivity index (χ1n) is 12.2. The van der Waals surface area contributed by atoms with Crippen LogP contribution in [0.2, 0.25) is 0 Å². The minimum absolute atomic E-state index is 0.0404. The number of nitrogens with zero attached hydrogens (tertiary/aromatic N) is 6. The number of hydrogen-bond donors (Lipinski definition) is 1. The Kier molecular flexibility index (Phi) is 6.28. The monoisotopic (exact) mass is 501 g/mol. The smallest absolute Gasteiger partial charge is 0.230 e. The summed E-state index contributed by atoms with van der Waals surface area (Å²) in [6.45, 7) is 4.07. The SMILES string of the molecule is Cc1nc2ccccc2n1CCc1nc2c3ccccc3nc(SCC(=O)NC[C@@H]3CCCO3)n2n1. The molecule has 0 aliphatic carbocycles. The zero-order valence-electron chi connectivity index (χ0n) is 20.1. The van der Waals surface area contributed by atoms with E-state index in [0.717, 1.165) is 65.2 Å². The number of imidazole rings is 1. The van der Waals surface area contributed by atoms with Crippen molar-refractivity contribution in [3.05, 3.63) is 60.2 Å². The minimum atomic E-state index is -0.0404. The number of thioether (sulfide) groups is 1. The molecule has 0 bridgehead atoms. The molecule has 6 rings (SSSR count). The molecular weight excluding hydrogens is 474 g/mol. The molecule has 1 aliphatic heterocycles. The van der Waals surface area contributed by atoms with E-state index >= 15 is 0 Å². The number of nitrogens with one attached hydrogen (secondary N) is 1. The van der Waals surface area contributed by atoms with E-state index in [-0.39, 0.29) is 17.8 Å². The van der Waals surface area contributed by atoms with Crippen LogP contribution >= 0.6 is 11.8 Å². The van der Waals surface area contributed by atoms with Gasteiger partial charge in [0.05, 0.1) is 28.4 Å². The second-order valence-corrected chi connectivity index (χ2v) is 9.89. The van der Waals surface area contributed by atoms with Crippen molar-refractivity contribution in [1.82, 2.24) is 34.4 Å². The number of rotatable bonds is 8. The molecule has 0 spiro atoms. The van der Waals surface area contributed by atoms with Crippen LogP contribution in [0.3, 0.4) is 0 Å². The van der Waals surface area contributed by atoms with E-state index in [1.807, 2.05) is 49.4 Å². The van der Waals surface area contributed by atoms with Gasteiger partial charge in [0.25, 0.3) is 0 Å². The lowest BCUT2D eigenvalue weighted by molar-refractivity contribution is -0.119. The Labute approximate surface area is 212 Å². The molecule has 36 heavy (non-hydrogen) atoms. The summed E-state index contributed by atoms with van der Waals surface area (Å²) in [5, 5.41) is 9.36. The third-order valence-corrected chi connectivity index (χ3v) is 7.41. The van der Waals surface area contributed by atoms with Crippen molar-refractivity contribution in [3.63, 3.8) is 0 Å². The quantitative estimate of drug-likeness (QED) is 0.256. The van der Waals surface area contributed by atoms with Gasteiger partial charge in [0.15, 0.2) is 16.6 Å². The summed E-state index contributed by atoms with van der Waals surface area (Å²) in [5.74, 6) is 1.91. The van der Waals surface area contributed by atoms with Gasteiger partial charge in [-0.05, 0) is 44.0 Å². The molecule has 5 aromatic rings. The van der Waals surface area contributed by atoms with Crippen LogP contribution in [0.1, 0.15) is 24.5 Å². The molecule has 1 aliphatic rings. The Morgan fingerprint density at radius 1 is 1.11 bits per heavy atom. The van der Waals surface area contributed by atoms with Gasteiger partial charge in [-0.3, -0.25) is 4.79 Å². The lowest BCUT2D eigenvalue weighted by Gasteiger charge is -2.10. The fraction of sp³-hybridized carbons (Fsp3) is 0.346. The first-order chi connectivity index (χ1) is 17.7. The third kappa shape index (κ3) is 4.54. The number of benzene rings is 2. The van der Waals surface area contributed by atoms with Crippen LogP contribution in [0.5, 0.6) is 0 Å². The number of aromatic nitrogens is 6. The molecule has 0 radical (unpaired) electrons. The molecule has 1 fully saturated rings. The Balaban J connectivity index is 1.24. The van der Waals surface area contributed by atoms with Crippen LogP contribution in [0.25, 0.3) is 27.6 Å². The third-order valence-electron chi connectivity index (χ3n) is 6.48. The normalized spacial score (nSPS) is 15.9. The van der Waals surface area contributed by atoms with Gasteiger partial charge < -0.3 is 14.6 Å². The summed E-state index contributed by atoms with van der Waals surface area (Å²) >= 11 is 1.37. The van der Waals surface area contributed by atoms with E-state index in [1.165, 1.54) is 11.8 Å². The first kappa shape index (κ1) is 22.9. The van der Waals surface area contributed by atoms with Gasteiger partial charge in [-0.15, -0.1) is 5.10 Å². The topological polar surface area (TPSA) is 99.2 Å². The Morgan fingerprint density at radius 2 is 1.94 bits per heavy atom. The summed E-state index contributed by atoms with van der Waals surface area (Å²) in [6.07, 6.45) is 2.83. The zero-order chi connectivity index (χ0) is 24.5. The van der Waals surface area contributed by atoms with Crippen molar-refractivity contribution in [3.8, 4) is 0 Å². The number of ether oxygens (including phenoxy) is 1. The van der Waals surface area contributed by atoms with Gasteiger partial charge in [0.2, 0.25) is 5.91 Å². The number of aryl methyl sites for hydroxylation is 3. The first-order valence-corrected chi connectivity index (χ1v) is 13.2. The number of amides is 1. The molecule has 1 saturated heterocycles. The molecule has 1 amide bonds. The van der Waals surface area contributed by atoms with Gasteiger partial charge in [0.1, 0.15) is 5.82 Å². The van der Waals surface area contributed by atoms with E-state index < -0.39 is 0 Å². The van der Waals surface area contributed by atoms with Crippen molar-refractivity contribution in [2.45, 2.75) is 44.0 Å². The fourth-order valence-electron chi connectivity index (χ4n) is 4.68. The standard InChI is InChI=1S/C26H27N7O2S/c1-17-28-21-10-4-5-11-22(21)32(17)13-12-23-30-25-19-8-2-3-9-20(19)29-26(33(25)31-23)36-16-24(34)27-15-18-7-6-14-35-18/h2-5,8-11,18H,6-7,12-16H2,1H3,(H,27,34)/t18-/m0/s1. The van der Waals surface area contributed by atoms with Crippen LogP contribution in [-0.2, 0) is 22.5 Å². The number of fused-ring (bicyclic) bond motifs is 4. The summed E-state index contributed by atoms with van der Waals surface area (Å²) in [7, 11) is 0. The lowest BCUT2D eigenvalue weighted by atomic mass is 10.2. The summed E-state index contributed by atoms with van der Waals surface area (Å²) in [5.41, 5.74) is 3.69. The highest BCUT2D eigenvalue weighted by Crippen LogP contribution is 2.24. The Hall–Kier alpha value is -3.50. The second kappa shape index (κ2) is 9.87. The fourth-order valence-corrected chi connectivity index (χ4v) is 5.45. The molecule has 0 saturated carbocycles. The van der Waals surface area contributed by atoms with E-state index in [4.69, 9.17) is 19.8 Å². The molecule has 0 unspecified atom stereocenters.